The first kappa shape index (κ1) is 27.5. The van der Waals surface area contributed by atoms with Crippen molar-refractivity contribution in [1.82, 2.24) is 24.5 Å². The van der Waals surface area contributed by atoms with Crippen LogP contribution in [0.2, 0.25) is 0 Å². The monoisotopic (exact) mass is 552 g/mol. The highest BCUT2D eigenvalue weighted by molar-refractivity contribution is 5.92. The van der Waals surface area contributed by atoms with Gasteiger partial charge in [-0.05, 0) is 73.4 Å². The number of hydrogen-bond donors (Lipinski definition) is 2. The van der Waals surface area contributed by atoms with E-state index in [2.05, 4.69) is 34.1 Å². The Hall–Kier alpha value is -4.02. The summed E-state index contributed by atoms with van der Waals surface area (Å²) in [7, 11) is 0. The molecule has 3 heterocycles. The van der Waals surface area contributed by atoms with E-state index in [0.29, 0.717) is 40.3 Å². The molecule has 1 aliphatic rings. The Morgan fingerprint density at radius 1 is 1.07 bits per heavy atom. The number of carbonyl (C=O) groups is 1. The van der Waals surface area contributed by atoms with Crippen molar-refractivity contribution >= 4 is 23.0 Å². The summed E-state index contributed by atoms with van der Waals surface area (Å²) in [6, 6.07) is 8.84. The predicted molar refractivity (Wildman–Crippen MR) is 145 cm³/mol. The number of anilines is 1. The normalized spacial score (nSPS) is 14.9. The predicted octanol–water partition coefficient (Wildman–Crippen LogP) is 6.45. The van der Waals surface area contributed by atoms with Crippen LogP contribution in [0.25, 0.3) is 22.7 Å². The summed E-state index contributed by atoms with van der Waals surface area (Å²) in [6.45, 7) is 6.42. The van der Waals surface area contributed by atoms with Crippen LogP contribution in [-0.4, -0.2) is 41.6 Å². The Labute approximate surface area is 229 Å². The molecule has 8 nitrogen and oxygen atoms in total. The minimum Gasteiger partial charge on any atom is -0.475 e. The van der Waals surface area contributed by atoms with Crippen molar-refractivity contribution in [2.24, 2.45) is 11.8 Å². The van der Waals surface area contributed by atoms with E-state index in [4.69, 9.17) is 4.98 Å². The molecule has 1 fully saturated rings. The summed E-state index contributed by atoms with van der Waals surface area (Å²) in [4.78, 5) is 29.7. The van der Waals surface area contributed by atoms with Gasteiger partial charge in [0.2, 0.25) is 5.82 Å². The molecule has 1 atom stereocenters. The van der Waals surface area contributed by atoms with Crippen LogP contribution in [0.15, 0.2) is 42.6 Å². The van der Waals surface area contributed by atoms with Crippen molar-refractivity contribution < 1.29 is 23.1 Å². The maximum absolute atomic E-state index is 13.2. The lowest BCUT2D eigenvalue weighted by Gasteiger charge is -2.32. The fraction of sp³-hybridized carbons (Fsp3) is 0.414. The first-order valence-electron chi connectivity index (χ1n) is 13.4. The Bertz CT molecular complexity index is 1530. The van der Waals surface area contributed by atoms with E-state index in [1.54, 1.807) is 10.8 Å². The summed E-state index contributed by atoms with van der Waals surface area (Å²) in [6.07, 6.45) is 1.35. The molecule has 11 heteroatoms. The molecule has 210 valence electrons. The van der Waals surface area contributed by atoms with Crippen LogP contribution in [0, 0.1) is 11.8 Å². The smallest absolute Gasteiger partial charge is 0.416 e. The SMILES string of the molecule is CC(C)Cc1ccnc(-c2nc3nc(C(=O)O)nc(NC(C)C4CCC4)c3n2Cc2ccc(C(F)(F)F)cc2)c1. The van der Waals surface area contributed by atoms with Crippen molar-refractivity contribution in [3.63, 3.8) is 0 Å². The topological polar surface area (TPSA) is 106 Å². The zero-order valence-electron chi connectivity index (χ0n) is 22.5. The van der Waals surface area contributed by atoms with Gasteiger partial charge in [0.05, 0.1) is 5.56 Å². The molecule has 1 aromatic carbocycles. The number of nitrogens with one attached hydrogen (secondary N) is 1. The number of aromatic nitrogens is 5. The third-order valence-corrected chi connectivity index (χ3v) is 7.33. The standard InChI is InChI=1S/C29H31F3N6O2/c1-16(2)13-19-11-12-33-22(14-19)27-37-25-23(38(27)15-18-7-9-21(10-8-18)29(30,31)32)24(35-26(36-25)28(39)40)34-17(3)20-5-4-6-20/h7-12,14,16-17,20H,4-6,13,15H2,1-3H3,(H,39,40)(H,34,35,36). The van der Waals surface area contributed by atoms with Gasteiger partial charge >= 0.3 is 12.1 Å². The third kappa shape index (κ3) is 5.78. The number of aromatic carboxylic acids is 1. The number of rotatable bonds is 9. The number of halogens is 3. The largest absolute Gasteiger partial charge is 0.475 e. The van der Waals surface area contributed by atoms with Crippen LogP contribution in [0.1, 0.15) is 67.3 Å². The number of pyridine rings is 1. The quantitative estimate of drug-likeness (QED) is 0.246. The number of benzene rings is 1. The number of imidazole rings is 1. The van der Waals surface area contributed by atoms with Gasteiger partial charge in [-0.15, -0.1) is 0 Å². The molecule has 40 heavy (non-hydrogen) atoms. The fourth-order valence-corrected chi connectivity index (χ4v) is 5.03. The van der Waals surface area contributed by atoms with Crippen LogP contribution < -0.4 is 5.32 Å². The molecule has 0 aliphatic heterocycles. The van der Waals surface area contributed by atoms with Gasteiger partial charge in [-0.2, -0.15) is 13.2 Å². The van der Waals surface area contributed by atoms with Gasteiger partial charge in [-0.25, -0.2) is 19.7 Å². The number of carboxylic acid groups (broad SMARTS) is 1. The van der Waals surface area contributed by atoms with E-state index in [9.17, 15) is 23.1 Å². The van der Waals surface area contributed by atoms with Gasteiger partial charge in [0.25, 0.3) is 0 Å². The van der Waals surface area contributed by atoms with Crippen LogP contribution in [-0.2, 0) is 19.1 Å². The molecule has 0 radical (unpaired) electrons. The summed E-state index contributed by atoms with van der Waals surface area (Å²) in [5, 5.41) is 13.1. The van der Waals surface area contributed by atoms with Crippen LogP contribution >= 0.6 is 0 Å². The maximum atomic E-state index is 13.2. The van der Waals surface area contributed by atoms with Crippen LogP contribution in [0.4, 0.5) is 19.0 Å². The molecule has 1 unspecified atom stereocenters. The first-order chi connectivity index (χ1) is 19.0. The maximum Gasteiger partial charge on any atom is 0.416 e. The average Bonchev–Trinajstić information content (AvgIpc) is 3.21. The molecule has 0 spiro atoms. The second-order valence-electron chi connectivity index (χ2n) is 10.9. The summed E-state index contributed by atoms with van der Waals surface area (Å²) in [5.74, 6) is -0.0740. The van der Waals surface area contributed by atoms with Crippen molar-refractivity contribution in [1.29, 1.82) is 0 Å². The third-order valence-electron chi connectivity index (χ3n) is 7.33. The van der Waals surface area contributed by atoms with Gasteiger partial charge < -0.3 is 15.0 Å². The molecule has 0 saturated heterocycles. The zero-order chi connectivity index (χ0) is 28.6. The Morgan fingerprint density at radius 3 is 2.40 bits per heavy atom. The average molecular weight is 553 g/mol. The molecule has 0 amide bonds. The summed E-state index contributed by atoms with van der Waals surface area (Å²) >= 11 is 0. The molecule has 0 bridgehead atoms. The van der Waals surface area contributed by atoms with Crippen molar-refractivity contribution in [2.75, 3.05) is 5.32 Å². The fourth-order valence-electron chi connectivity index (χ4n) is 5.03. The lowest BCUT2D eigenvalue weighted by atomic mass is 9.80. The van der Waals surface area contributed by atoms with Gasteiger partial charge in [-0.3, -0.25) is 4.98 Å². The Balaban J connectivity index is 1.68. The lowest BCUT2D eigenvalue weighted by Crippen LogP contribution is -2.31. The van der Waals surface area contributed by atoms with Gasteiger partial charge in [0.1, 0.15) is 11.2 Å². The van der Waals surface area contributed by atoms with Crippen LogP contribution in [0.3, 0.4) is 0 Å². The second-order valence-corrected chi connectivity index (χ2v) is 10.9. The van der Waals surface area contributed by atoms with E-state index in [1.165, 1.54) is 12.1 Å². The minimum atomic E-state index is -4.44. The zero-order valence-corrected chi connectivity index (χ0v) is 22.5. The van der Waals surface area contributed by atoms with Gasteiger partial charge in [-0.1, -0.05) is 32.4 Å². The molecule has 2 N–H and O–H groups in total. The summed E-state index contributed by atoms with van der Waals surface area (Å²) in [5.41, 5.74) is 2.13. The summed E-state index contributed by atoms with van der Waals surface area (Å²) < 4.78 is 41.4. The number of carboxylic acids is 1. The molecular formula is C29H31F3N6O2. The first-order valence-corrected chi connectivity index (χ1v) is 13.4. The van der Waals surface area contributed by atoms with Crippen molar-refractivity contribution in [3.05, 3.63) is 65.1 Å². The molecule has 1 saturated carbocycles. The number of fused-ring (bicyclic) bond motifs is 1. The molecule has 5 rings (SSSR count). The molecular weight excluding hydrogens is 521 g/mol. The molecule has 4 aromatic rings. The number of alkyl halides is 3. The van der Waals surface area contributed by atoms with E-state index >= 15 is 0 Å². The van der Waals surface area contributed by atoms with Crippen LogP contribution in [0.5, 0.6) is 0 Å². The minimum absolute atomic E-state index is 0.0267. The Kier molecular flexibility index (Phi) is 7.48. The van der Waals surface area contributed by atoms with Crippen molar-refractivity contribution in [2.45, 2.75) is 65.2 Å². The Morgan fingerprint density at radius 2 is 1.80 bits per heavy atom. The number of hydrogen-bond acceptors (Lipinski definition) is 6. The van der Waals surface area contributed by atoms with Gasteiger partial charge in [0, 0.05) is 18.8 Å². The van der Waals surface area contributed by atoms with E-state index < -0.39 is 17.7 Å². The van der Waals surface area contributed by atoms with E-state index in [-0.39, 0.29) is 24.1 Å². The molecule has 3 aromatic heterocycles. The van der Waals surface area contributed by atoms with Gasteiger partial charge in [0.15, 0.2) is 17.3 Å². The second kappa shape index (κ2) is 10.9. The molecule has 1 aliphatic carbocycles. The van der Waals surface area contributed by atoms with Crippen molar-refractivity contribution in [3.8, 4) is 11.5 Å². The van der Waals surface area contributed by atoms with E-state index in [1.807, 2.05) is 19.1 Å². The van der Waals surface area contributed by atoms with E-state index in [0.717, 1.165) is 43.4 Å². The highest BCUT2D eigenvalue weighted by Gasteiger charge is 2.30. The highest BCUT2D eigenvalue weighted by Crippen LogP contribution is 2.34. The highest BCUT2D eigenvalue weighted by atomic mass is 19.4. The lowest BCUT2D eigenvalue weighted by molar-refractivity contribution is -0.137. The number of nitrogens with zero attached hydrogens (tertiary/aromatic N) is 5.